The van der Waals surface area contributed by atoms with Gasteiger partial charge in [0, 0.05) is 25.1 Å². The molecule has 1 heterocycles. The molecule has 1 aliphatic carbocycles. The first-order chi connectivity index (χ1) is 8.88. The lowest BCUT2D eigenvalue weighted by Gasteiger charge is -2.35. The largest absolute Gasteiger partial charge is 0.393 e. The molecule has 0 aromatic carbocycles. The van der Waals surface area contributed by atoms with Crippen molar-refractivity contribution in [1.82, 2.24) is 9.97 Å². The van der Waals surface area contributed by atoms with Crippen LogP contribution in [-0.4, -0.2) is 34.8 Å². The molecule has 1 aliphatic rings. The number of aliphatic hydroxyl groups excluding tert-OH is 1. The number of aromatic nitrogens is 2. The van der Waals surface area contributed by atoms with Crippen LogP contribution in [0.5, 0.6) is 0 Å². The van der Waals surface area contributed by atoms with Crippen LogP contribution >= 0.6 is 11.6 Å². The van der Waals surface area contributed by atoms with E-state index in [-0.39, 0.29) is 12.0 Å². The highest BCUT2D eigenvalue weighted by atomic mass is 35.5. The molecule has 1 fully saturated rings. The van der Waals surface area contributed by atoms with Crippen molar-refractivity contribution >= 4 is 17.4 Å². The van der Waals surface area contributed by atoms with Crippen molar-refractivity contribution in [3.8, 4) is 0 Å². The second kappa shape index (κ2) is 5.63. The fourth-order valence-electron chi connectivity index (χ4n) is 2.45. The molecule has 0 saturated heterocycles. The molecule has 0 bridgehead atoms. The Kier molecular flexibility index (Phi) is 4.31. The van der Waals surface area contributed by atoms with Crippen LogP contribution in [0.25, 0.3) is 0 Å². The highest BCUT2D eigenvalue weighted by Gasteiger charge is 2.29. The van der Waals surface area contributed by atoms with E-state index in [1.54, 1.807) is 0 Å². The van der Waals surface area contributed by atoms with E-state index in [9.17, 15) is 5.11 Å². The summed E-state index contributed by atoms with van der Waals surface area (Å²) in [5.74, 6) is 2.50. The fraction of sp³-hybridized carbons (Fsp3) is 0.714. The van der Waals surface area contributed by atoms with Gasteiger partial charge < -0.3 is 10.0 Å². The second-order valence-electron chi connectivity index (χ2n) is 5.85. The Hall–Kier alpha value is -0.870. The summed E-state index contributed by atoms with van der Waals surface area (Å²) in [6.07, 6.45) is 1.66. The third-order valence-electron chi connectivity index (χ3n) is 3.70. The molecule has 1 N–H and O–H groups in total. The van der Waals surface area contributed by atoms with Crippen molar-refractivity contribution in [3.63, 3.8) is 0 Å². The average molecular weight is 284 g/mol. The first kappa shape index (κ1) is 14.5. The SMILES string of the molecule is Cc1c(Cl)nc(C(C)C)nc1N(C)CC1CC(O)C1. The Morgan fingerprint density at radius 1 is 1.37 bits per heavy atom. The molecule has 0 unspecified atom stereocenters. The Balaban J connectivity index is 2.17. The first-order valence-corrected chi connectivity index (χ1v) is 7.19. The van der Waals surface area contributed by atoms with E-state index >= 15 is 0 Å². The molecule has 1 aromatic heterocycles. The average Bonchev–Trinajstić information content (AvgIpc) is 2.30. The zero-order chi connectivity index (χ0) is 14.2. The number of aliphatic hydroxyl groups is 1. The predicted octanol–water partition coefficient (Wildman–Crippen LogP) is 2.77. The van der Waals surface area contributed by atoms with Crippen LogP contribution in [-0.2, 0) is 0 Å². The van der Waals surface area contributed by atoms with E-state index in [0.29, 0.717) is 11.1 Å². The molecule has 0 amide bonds. The lowest BCUT2D eigenvalue weighted by molar-refractivity contribution is 0.0464. The zero-order valence-electron chi connectivity index (χ0n) is 12.0. The lowest BCUT2D eigenvalue weighted by atomic mass is 9.82. The van der Waals surface area contributed by atoms with Crippen LogP contribution in [0.4, 0.5) is 5.82 Å². The van der Waals surface area contributed by atoms with Crippen molar-refractivity contribution in [2.75, 3.05) is 18.5 Å². The number of rotatable bonds is 4. The Morgan fingerprint density at radius 2 is 2.00 bits per heavy atom. The van der Waals surface area contributed by atoms with Crippen molar-refractivity contribution in [3.05, 3.63) is 16.5 Å². The van der Waals surface area contributed by atoms with Crippen LogP contribution in [0.3, 0.4) is 0 Å². The van der Waals surface area contributed by atoms with Gasteiger partial charge in [0.2, 0.25) is 0 Å². The van der Waals surface area contributed by atoms with Gasteiger partial charge in [0.25, 0.3) is 0 Å². The van der Waals surface area contributed by atoms with Gasteiger partial charge >= 0.3 is 0 Å². The topological polar surface area (TPSA) is 49.2 Å². The summed E-state index contributed by atoms with van der Waals surface area (Å²) >= 11 is 6.20. The smallest absolute Gasteiger partial charge is 0.137 e. The molecule has 0 radical (unpaired) electrons. The van der Waals surface area contributed by atoms with Crippen LogP contribution in [0.15, 0.2) is 0 Å². The van der Waals surface area contributed by atoms with E-state index in [1.165, 1.54) is 0 Å². The molecule has 5 heteroatoms. The zero-order valence-corrected chi connectivity index (χ0v) is 12.8. The van der Waals surface area contributed by atoms with E-state index in [4.69, 9.17) is 11.6 Å². The molecule has 106 valence electrons. The number of hydrogen-bond donors (Lipinski definition) is 1. The summed E-state index contributed by atoms with van der Waals surface area (Å²) < 4.78 is 0. The van der Waals surface area contributed by atoms with Gasteiger partial charge in [-0.25, -0.2) is 9.97 Å². The number of anilines is 1. The number of nitrogens with zero attached hydrogens (tertiary/aromatic N) is 3. The molecule has 2 rings (SSSR count). The maximum atomic E-state index is 9.35. The Labute approximate surface area is 119 Å². The third-order valence-corrected chi connectivity index (χ3v) is 4.07. The minimum atomic E-state index is -0.111. The standard InChI is InChI=1S/C14H22ClN3O/c1-8(2)13-16-12(15)9(3)14(17-13)18(4)7-10-5-11(19)6-10/h8,10-11,19H,5-7H2,1-4H3. The van der Waals surface area contributed by atoms with Crippen LogP contribution in [0.1, 0.15) is 44.0 Å². The summed E-state index contributed by atoms with van der Waals surface area (Å²) in [7, 11) is 2.03. The Bertz CT molecular complexity index is 458. The van der Waals surface area contributed by atoms with Crippen LogP contribution in [0, 0.1) is 12.8 Å². The fourth-order valence-corrected chi connectivity index (χ4v) is 2.62. The van der Waals surface area contributed by atoms with Gasteiger partial charge in [-0.2, -0.15) is 0 Å². The highest BCUT2D eigenvalue weighted by molar-refractivity contribution is 6.30. The monoisotopic (exact) mass is 283 g/mol. The number of halogens is 1. The maximum absolute atomic E-state index is 9.35. The molecule has 0 aliphatic heterocycles. The van der Waals surface area contributed by atoms with E-state index in [2.05, 4.69) is 28.7 Å². The van der Waals surface area contributed by atoms with Gasteiger partial charge in [0.15, 0.2) is 0 Å². The van der Waals surface area contributed by atoms with Crippen molar-refractivity contribution in [1.29, 1.82) is 0 Å². The second-order valence-corrected chi connectivity index (χ2v) is 6.21. The molecule has 0 spiro atoms. The summed E-state index contributed by atoms with van der Waals surface area (Å²) in [5, 5.41) is 9.89. The summed E-state index contributed by atoms with van der Waals surface area (Å²) in [6, 6.07) is 0. The van der Waals surface area contributed by atoms with Crippen LogP contribution < -0.4 is 4.90 Å². The van der Waals surface area contributed by atoms with E-state index in [1.807, 2.05) is 14.0 Å². The van der Waals surface area contributed by atoms with Gasteiger partial charge in [0.05, 0.1) is 6.10 Å². The molecule has 1 aromatic rings. The molecule has 4 nitrogen and oxygen atoms in total. The van der Waals surface area contributed by atoms with Gasteiger partial charge in [-0.15, -0.1) is 0 Å². The Morgan fingerprint density at radius 3 is 2.53 bits per heavy atom. The molecular formula is C14H22ClN3O. The van der Waals surface area contributed by atoms with Gasteiger partial charge in [-0.3, -0.25) is 0 Å². The molecular weight excluding hydrogens is 262 g/mol. The van der Waals surface area contributed by atoms with Crippen molar-refractivity contribution < 1.29 is 5.11 Å². The minimum absolute atomic E-state index is 0.111. The van der Waals surface area contributed by atoms with Crippen molar-refractivity contribution in [2.45, 2.75) is 45.6 Å². The predicted molar refractivity (Wildman–Crippen MR) is 77.9 cm³/mol. The molecule has 1 saturated carbocycles. The van der Waals surface area contributed by atoms with Crippen molar-refractivity contribution in [2.24, 2.45) is 5.92 Å². The quantitative estimate of drug-likeness (QED) is 0.863. The van der Waals surface area contributed by atoms with E-state index < -0.39 is 0 Å². The minimum Gasteiger partial charge on any atom is -0.393 e. The summed E-state index contributed by atoms with van der Waals surface area (Å²) in [4.78, 5) is 11.1. The first-order valence-electron chi connectivity index (χ1n) is 6.81. The van der Waals surface area contributed by atoms with E-state index in [0.717, 1.165) is 36.6 Å². The molecule has 19 heavy (non-hydrogen) atoms. The normalized spacial score (nSPS) is 22.5. The number of hydrogen-bond acceptors (Lipinski definition) is 4. The molecule has 0 atom stereocenters. The third kappa shape index (κ3) is 3.18. The lowest BCUT2D eigenvalue weighted by Crippen LogP contribution is -2.37. The maximum Gasteiger partial charge on any atom is 0.137 e. The highest BCUT2D eigenvalue weighted by Crippen LogP contribution is 2.31. The van der Waals surface area contributed by atoms with Gasteiger partial charge in [-0.1, -0.05) is 25.4 Å². The van der Waals surface area contributed by atoms with Gasteiger partial charge in [-0.05, 0) is 25.7 Å². The summed E-state index contributed by atoms with van der Waals surface area (Å²) in [6.45, 7) is 6.98. The summed E-state index contributed by atoms with van der Waals surface area (Å²) in [5.41, 5.74) is 0.924. The van der Waals surface area contributed by atoms with Gasteiger partial charge in [0.1, 0.15) is 16.8 Å². The van der Waals surface area contributed by atoms with Crippen LogP contribution in [0.2, 0.25) is 5.15 Å².